The van der Waals surface area contributed by atoms with E-state index in [1.165, 1.54) is 0 Å². The second-order valence-electron chi connectivity index (χ2n) is 5.75. The van der Waals surface area contributed by atoms with Crippen molar-refractivity contribution >= 4 is 17.1 Å². The number of hydrogen-bond acceptors (Lipinski definition) is 3. The first-order chi connectivity index (χ1) is 12.2. The zero-order valence-corrected chi connectivity index (χ0v) is 14.1. The number of benzene rings is 2. The molecule has 0 amide bonds. The number of aliphatic imine (C=N–C) groups is 1. The van der Waals surface area contributed by atoms with Gasteiger partial charge in [-0.05, 0) is 30.2 Å². The van der Waals surface area contributed by atoms with E-state index in [4.69, 9.17) is 4.98 Å². The van der Waals surface area contributed by atoms with Gasteiger partial charge < -0.3 is 5.11 Å². The van der Waals surface area contributed by atoms with Crippen LogP contribution in [-0.2, 0) is 0 Å². The number of allylic oxidation sites excluding steroid dienone is 1. The van der Waals surface area contributed by atoms with Crippen LogP contribution < -0.4 is 0 Å². The largest absolute Gasteiger partial charge is 0.384 e. The van der Waals surface area contributed by atoms with Gasteiger partial charge in [-0.25, -0.2) is 4.98 Å². The number of nitrogens with zero attached hydrogens (tertiary/aromatic N) is 2. The predicted molar refractivity (Wildman–Crippen MR) is 105 cm³/mol. The highest BCUT2D eigenvalue weighted by atomic mass is 16.3. The van der Waals surface area contributed by atoms with Crippen LogP contribution in [0, 0.1) is 0 Å². The van der Waals surface area contributed by atoms with Gasteiger partial charge in [0, 0.05) is 23.4 Å². The summed E-state index contributed by atoms with van der Waals surface area (Å²) in [7, 11) is 0. The van der Waals surface area contributed by atoms with Crippen molar-refractivity contribution in [2.45, 2.75) is 13.0 Å². The van der Waals surface area contributed by atoms with Crippen molar-refractivity contribution in [2.75, 3.05) is 0 Å². The number of rotatable bonds is 5. The molecule has 0 fully saturated rings. The number of aromatic nitrogens is 1. The molecule has 0 aliphatic heterocycles. The van der Waals surface area contributed by atoms with Gasteiger partial charge >= 0.3 is 0 Å². The monoisotopic (exact) mass is 328 g/mol. The second kappa shape index (κ2) is 7.69. The Labute approximate surface area is 147 Å². The molecule has 0 aliphatic rings. The molecule has 0 spiro atoms. The Morgan fingerprint density at radius 3 is 2.64 bits per heavy atom. The van der Waals surface area contributed by atoms with Crippen molar-refractivity contribution in [1.82, 2.24) is 4.98 Å². The van der Waals surface area contributed by atoms with E-state index in [9.17, 15) is 5.11 Å². The molecular weight excluding hydrogens is 308 g/mol. The highest BCUT2D eigenvalue weighted by molar-refractivity contribution is 5.84. The minimum atomic E-state index is -0.805. The lowest BCUT2D eigenvalue weighted by atomic mass is 10.0. The summed E-state index contributed by atoms with van der Waals surface area (Å²) in [4.78, 5) is 8.81. The third-order valence-electron chi connectivity index (χ3n) is 3.93. The highest BCUT2D eigenvalue weighted by Gasteiger charge is 2.11. The molecule has 0 radical (unpaired) electrons. The van der Waals surface area contributed by atoms with E-state index >= 15 is 0 Å². The molecule has 1 N–H and O–H groups in total. The molecule has 1 heterocycles. The Balaban J connectivity index is 1.94. The van der Waals surface area contributed by atoms with Crippen LogP contribution in [0.4, 0.5) is 0 Å². The normalized spacial score (nSPS) is 12.9. The SMILES string of the molecule is C=C(C=N/C=C\C)C(O)c1ccc2ccc(-c3ccccc3)nc2c1. The molecule has 3 nitrogen and oxygen atoms in total. The molecule has 1 atom stereocenters. The third-order valence-corrected chi connectivity index (χ3v) is 3.93. The first-order valence-corrected chi connectivity index (χ1v) is 8.16. The molecule has 25 heavy (non-hydrogen) atoms. The summed E-state index contributed by atoms with van der Waals surface area (Å²) in [6, 6.07) is 19.9. The summed E-state index contributed by atoms with van der Waals surface area (Å²) in [5, 5.41) is 11.5. The lowest BCUT2D eigenvalue weighted by Gasteiger charge is -2.12. The van der Waals surface area contributed by atoms with Gasteiger partial charge in [-0.3, -0.25) is 4.99 Å². The second-order valence-corrected chi connectivity index (χ2v) is 5.75. The van der Waals surface area contributed by atoms with Gasteiger partial charge in [0.25, 0.3) is 0 Å². The fourth-order valence-electron chi connectivity index (χ4n) is 2.58. The lowest BCUT2D eigenvalue weighted by Crippen LogP contribution is -2.02. The van der Waals surface area contributed by atoms with Gasteiger partial charge in [0.05, 0.1) is 11.2 Å². The first-order valence-electron chi connectivity index (χ1n) is 8.16. The molecule has 0 saturated carbocycles. The van der Waals surface area contributed by atoms with Gasteiger partial charge in [0.1, 0.15) is 6.10 Å². The Hall–Kier alpha value is -3.04. The summed E-state index contributed by atoms with van der Waals surface area (Å²) < 4.78 is 0. The standard InChI is InChI=1S/C22H20N2O/c1-3-13-23-15-16(2)22(25)19-10-9-18-11-12-20(24-21(18)14-19)17-7-5-4-6-8-17/h3-15,22,25H,2H2,1H3/b13-3-,23-15?. The maximum atomic E-state index is 10.5. The Morgan fingerprint density at radius 2 is 1.88 bits per heavy atom. The summed E-state index contributed by atoms with van der Waals surface area (Å²) in [5.74, 6) is 0. The quantitative estimate of drug-likeness (QED) is 0.663. The van der Waals surface area contributed by atoms with Crippen LogP contribution in [0.5, 0.6) is 0 Å². The maximum Gasteiger partial charge on any atom is 0.105 e. The fraction of sp³-hybridized carbons (Fsp3) is 0.0909. The molecule has 1 aromatic heterocycles. The minimum Gasteiger partial charge on any atom is -0.384 e. The van der Waals surface area contributed by atoms with Crippen molar-refractivity contribution in [3.05, 3.63) is 90.7 Å². The van der Waals surface area contributed by atoms with Crippen LogP contribution in [-0.4, -0.2) is 16.3 Å². The van der Waals surface area contributed by atoms with Gasteiger partial charge in [-0.15, -0.1) is 0 Å². The van der Waals surface area contributed by atoms with Crippen LogP contribution in [0.1, 0.15) is 18.6 Å². The Morgan fingerprint density at radius 1 is 1.12 bits per heavy atom. The van der Waals surface area contributed by atoms with E-state index in [0.717, 1.165) is 27.7 Å². The average molecular weight is 328 g/mol. The van der Waals surface area contributed by atoms with Gasteiger partial charge in [0.2, 0.25) is 0 Å². The topological polar surface area (TPSA) is 45.5 Å². The van der Waals surface area contributed by atoms with E-state index < -0.39 is 6.10 Å². The Bertz CT molecular complexity index is 943. The molecule has 0 bridgehead atoms. The van der Waals surface area contributed by atoms with E-state index in [1.807, 2.05) is 73.7 Å². The molecule has 3 rings (SSSR count). The predicted octanol–water partition coefficient (Wildman–Crippen LogP) is 5.10. The molecule has 0 aliphatic carbocycles. The zero-order valence-electron chi connectivity index (χ0n) is 14.1. The molecular formula is C22H20N2O. The summed E-state index contributed by atoms with van der Waals surface area (Å²) >= 11 is 0. The van der Waals surface area contributed by atoms with E-state index in [1.54, 1.807) is 12.4 Å². The van der Waals surface area contributed by atoms with Crippen LogP contribution >= 0.6 is 0 Å². The van der Waals surface area contributed by atoms with Crippen LogP contribution in [0.3, 0.4) is 0 Å². The highest BCUT2D eigenvalue weighted by Crippen LogP contribution is 2.25. The number of hydrogen-bond donors (Lipinski definition) is 1. The number of aliphatic hydroxyl groups is 1. The maximum absolute atomic E-state index is 10.5. The Kier molecular flexibility index (Phi) is 5.17. The summed E-state index contributed by atoms with van der Waals surface area (Å²) in [6.45, 7) is 5.78. The van der Waals surface area contributed by atoms with E-state index in [2.05, 4.69) is 11.6 Å². The van der Waals surface area contributed by atoms with Crippen molar-refractivity contribution < 1.29 is 5.11 Å². The molecule has 2 aromatic carbocycles. The zero-order chi connectivity index (χ0) is 17.6. The fourth-order valence-corrected chi connectivity index (χ4v) is 2.58. The van der Waals surface area contributed by atoms with Crippen molar-refractivity contribution in [3.8, 4) is 11.3 Å². The van der Waals surface area contributed by atoms with Gasteiger partial charge in [-0.1, -0.05) is 61.2 Å². The molecule has 3 aromatic rings. The molecule has 124 valence electrons. The summed E-state index contributed by atoms with van der Waals surface area (Å²) in [5.41, 5.74) is 4.11. The van der Waals surface area contributed by atoms with E-state index in [0.29, 0.717) is 5.57 Å². The van der Waals surface area contributed by atoms with Crippen molar-refractivity contribution in [2.24, 2.45) is 4.99 Å². The van der Waals surface area contributed by atoms with Gasteiger partial charge in [0.15, 0.2) is 0 Å². The number of pyridine rings is 1. The van der Waals surface area contributed by atoms with Crippen LogP contribution in [0.25, 0.3) is 22.2 Å². The van der Waals surface area contributed by atoms with Crippen molar-refractivity contribution in [3.63, 3.8) is 0 Å². The molecule has 1 unspecified atom stereocenters. The summed E-state index contributed by atoms with van der Waals surface area (Å²) in [6.07, 6.45) is 4.25. The van der Waals surface area contributed by atoms with Gasteiger partial charge in [-0.2, -0.15) is 0 Å². The minimum absolute atomic E-state index is 0.539. The number of fused-ring (bicyclic) bond motifs is 1. The average Bonchev–Trinajstić information content (AvgIpc) is 2.67. The van der Waals surface area contributed by atoms with Crippen LogP contribution in [0.2, 0.25) is 0 Å². The lowest BCUT2D eigenvalue weighted by molar-refractivity contribution is 0.223. The molecule has 3 heteroatoms. The number of aliphatic hydroxyl groups excluding tert-OH is 1. The van der Waals surface area contributed by atoms with Crippen molar-refractivity contribution in [1.29, 1.82) is 0 Å². The third kappa shape index (κ3) is 3.90. The first kappa shape index (κ1) is 16.8. The smallest absolute Gasteiger partial charge is 0.105 e. The van der Waals surface area contributed by atoms with Crippen LogP contribution in [0.15, 0.2) is 90.1 Å². The molecule has 0 saturated heterocycles. The van der Waals surface area contributed by atoms with E-state index in [-0.39, 0.29) is 0 Å².